The van der Waals surface area contributed by atoms with Crippen LogP contribution in [0.5, 0.6) is 0 Å². The van der Waals surface area contributed by atoms with Crippen LogP contribution in [0.4, 0.5) is 0 Å². The molecule has 0 aliphatic heterocycles. The van der Waals surface area contributed by atoms with Crippen molar-refractivity contribution in [3.63, 3.8) is 0 Å². The summed E-state index contributed by atoms with van der Waals surface area (Å²) in [6.07, 6.45) is 5.93. The molecule has 3 unspecified atom stereocenters. The largest absolute Gasteiger partial charge is 0.459 e. The standard InChI is InChI=1S/C22H41NO2/c1-10-22(13-11-12-16(2)14-22)20(7,8)25-18(24)21(9,17(3)23)15-19(4,5)6/h17H,2,10-15,23H2,1,3-9H3. The maximum absolute atomic E-state index is 13.3. The van der Waals surface area contributed by atoms with Crippen LogP contribution in [0, 0.1) is 16.2 Å². The molecule has 2 N–H and O–H groups in total. The monoisotopic (exact) mass is 351 g/mol. The topological polar surface area (TPSA) is 52.3 Å². The van der Waals surface area contributed by atoms with E-state index < -0.39 is 11.0 Å². The van der Waals surface area contributed by atoms with Crippen LogP contribution in [0.25, 0.3) is 0 Å². The van der Waals surface area contributed by atoms with Crippen LogP contribution < -0.4 is 5.73 Å². The predicted molar refractivity (Wildman–Crippen MR) is 106 cm³/mol. The van der Waals surface area contributed by atoms with Crippen molar-refractivity contribution in [2.45, 2.75) is 106 Å². The number of hydrogen-bond donors (Lipinski definition) is 1. The number of rotatable bonds is 6. The highest BCUT2D eigenvalue weighted by atomic mass is 16.6. The zero-order valence-corrected chi connectivity index (χ0v) is 17.9. The van der Waals surface area contributed by atoms with E-state index in [0.29, 0.717) is 6.42 Å². The van der Waals surface area contributed by atoms with E-state index in [1.807, 2.05) is 13.8 Å². The van der Waals surface area contributed by atoms with E-state index in [1.54, 1.807) is 0 Å². The SMILES string of the molecule is C=C1CCCC(CC)(C(C)(C)OC(=O)C(C)(CC(C)(C)C)C(C)N)C1. The molecular weight excluding hydrogens is 310 g/mol. The zero-order chi connectivity index (χ0) is 19.7. The summed E-state index contributed by atoms with van der Waals surface area (Å²) in [5.74, 6) is -0.161. The van der Waals surface area contributed by atoms with E-state index >= 15 is 0 Å². The van der Waals surface area contributed by atoms with E-state index in [0.717, 1.165) is 32.1 Å². The predicted octanol–water partition coefficient (Wildman–Crippen LogP) is 5.62. The van der Waals surface area contributed by atoms with Gasteiger partial charge < -0.3 is 10.5 Å². The summed E-state index contributed by atoms with van der Waals surface area (Å²) < 4.78 is 6.23. The molecule has 0 heterocycles. The van der Waals surface area contributed by atoms with Gasteiger partial charge >= 0.3 is 5.97 Å². The Morgan fingerprint density at radius 1 is 1.28 bits per heavy atom. The first-order valence-corrected chi connectivity index (χ1v) is 9.85. The first-order valence-electron chi connectivity index (χ1n) is 9.85. The summed E-state index contributed by atoms with van der Waals surface area (Å²) >= 11 is 0. The third-order valence-corrected chi connectivity index (χ3v) is 6.44. The molecule has 0 saturated heterocycles. The third-order valence-electron chi connectivity index (χ3n) is 6.44. The number of esters is 1. The Labute approximate surface area is 155 Å². The molecule has 3 atom stereocenters. The minimum atomic E-state index is -0.684. The third kappa shape index (κ3) is 4.87. The number of nitrogens with two attached hydrogens (primary N) is 1. The fraction of sp³-hybridized carbons (Fsp3) is 0.864. The van der Waals surface area contributed by atoms with Crippen LogP contribution in [-0.4, -0.2) is 17.6 Å². The number of hydrogen-bond acceptors (Lipinski definition) is 3. The van der Waals surface area contributed by atoms with E-state index in [-0.39, 0.29) is 22.8 Å². The first kappa shape index (κ1) is 22.2. The maximum Gasteiger partial charge on any atom is 0.313 e. The van der Waals surface area contributed by atoms with Crippen LogP contribution in [0.1, 0.15) is 93.9 Å². The van der Waals surface area contributed by atoms with Crippen LogP contribution in [0.15, 0.2) is 12.2 Å². The van der Waals surface area contributed by atoms with Crippen molar-refractivity contribution in [2.24, 2.45) is 22.0 Å². The molecule has 0 aromatic heterocycles. The van der Waals surface area contributed by atoms with Gasteiger partial charge in [0.2, 0.25) is 0 Å². The molecule has 3 nitrogen and oxygen atoms in total. The molecule has 0 amide bonds. The molecule has 1 fully saturated rings. The van der Waals surface area contributed by atoms with E-state index in [2.05, 4.69) is 48.1 Å². The Morgan fingerprint density at radius 3 is 2.24 bits per heavy atom. The molecular formula is C22H41NO2. The van der Waals surface area contributed by atoms with Gasteiger partial charge in [-0.1, -0.05) is 39.8 Å². The smallest absolute Gasteiger partial charge is 0.313 e. The Kier molecular flexibility index (Phi) is 6.59. The molecule has 25 heavy (non-hydrogen) atoms. The van der Waals surface area contributed by atoms with Gasteiger partial charge in [0.15, 0.2) is 0 Å². The molecule has 0 aromatic carbocycles. The molecule has 0 bridgehead atoms. The van der Waals surface area contributed by atoms with Crippen LogP contribution in [0.2, 0.25) is 0 Å². The lowest BCUT2D eigenvalue weighted by Crippen LogP contribution is -2.53. The van der Waals surface area contributed by atoms with Gasteiger partial charge in [0.1, 0.15) is 5.60 Å². The second-order valence-corrected chi connectivity index (χ2v) is 10.3. The highest BCUT2D eigenvalue weighted by molar-refractivity contribution is 5.78. The van der Waals surface area contributed by atoms with Crippen molar-refractivity contribution in [1.29, 1.82) is 0 Å². The minimum Gasteiger partial charge on any atom is -0.459 e. The first-order chi connectivity index (χ1) is 11.2. The van der Waals surface area contributed by atoms with Crippen LogP contribution in [-0.2, 0) is 9.53 Å². The van der Waals surface area contributed by atoms with Crippen molar-refractivity contribution in [3.05, 3.63) is 12.2 Å². The summed E-state index contributed by atoms with van der Waals surface area (Å²) in [6.45, 7) is 20.9. The molecule has 0 radical (unpaired) electrons. The molecule has 146 valence electrons. The lowest BCUT2D eigenvalue weighted by Gasteiger charge is -2.50. The highest BCUT2D eigenvalue weighted by Crippen LogP contribution is 2.51. The molecule has 1 saturated carbocycles. The van der Waals surface area contributed by atoms with Gasteiger partial charge in [-0.3, -0.25) is 4.79 Å². The van der Waals surface area contributed by atoms with Gasteiger partial charge in [0, 0.05) is 11.5 Å². The number of ether oxygens (including phenoxy) is 1. The molecule has 0 spiro atoms. The van der Waals surface area contributed by atoms with Gasteiger partial charge in [-0.2, -0.15) is 0 Å². The second kappa shape index (κ2) is 7.42. The summed E-state index contributed by atoms with van der Waals surface area (Å²) in [6, 6.07) is -0.256. The molecule has 1 rings (SSSR count). The Balaban J connectivity index is 3.10. The van der Waals surface area contributed by atoms with Gasteiger partial charge in [-0.05, 0) is 71.6 Å². The number of carbonyl (C=O) groups is 1. The average molecular weight is 352 g/mol. The van der Waals surface area contributed by atoms with Crippen molar-refractivity contribution in [2.75, 3.05) is 0 Å². The fourth-order valence-corrected chi connectivity index (χ4v) is 4.55. The van der Waals surface area contributed by atoms with E-state index in [1.165, 1.54) is 5.57 Å². The van der Waals surface area contributed by atoms with E-state index in [4.69, 9.17) is 10.5 Å². The van der Waals surface area contributed by atoms with E-state index in [9.17, 15) is 4.79 Å². The summed E-state index contributed by atoms with van der Waals surface area (Å²) in [5, 5.41) is 0. The summed E-state index contributed by atoms with van der Waals surface area (Å²) in [5.41, 5.74) is 6.29. The summed E-state index contributed by atoms with van der Waals surface area (Å²) in [4.78, 5) is 13.3. The van der Waals surface area contributed by atoms with Crippen molar-refractivity contribution in [1.82, 2.24) is 0 Å². The van der Waals surface area contributed by atoms with Gasteiger partial charge in [0.25, 0.3) is 0 Å². The summed E-state index contributed by atoms with van der Waals surface area (Å²) in [7, 11) is 0. The van der Waals surface area contributed by atoms with Crippen molar-refractivity contribution >= 4 is 5.97 Å². The molecule has 3 heteroatoms. The number of allylic oxidation sites excluding steroid dienone is 1. The molecule has 0 aromatic rings. The van der Waals surface area contributed by atoms with Crippen LogP contribution in [0.3, 0.4) is 0 Å². The van der Waals surface area contributed by atoms with Crippen molar-refractivity contribution in [3.8, 4) is 0 Å². The van der Waals surface area contributed by atoms with Gasteiger partial charge in [-0.15, -0.1) is 0 Å². The van der Waals surface area contributed by atoms with Gasteiger partial charge in [0.05, 0.1) is 5.41 Å². The normalized spacial score (nSPS) is 26.0. The fourth-order valence-electron chi connectivity index (χ4n) is 4.55. The second-order valence-electron chi connectivity index (χ2n) is 10.3. The lowest BCUT2D eigenvalue weighted by molar-refractivity contribution is -0.188. The highest BCUT2D eigenvalue weighted by Gasteiger charge is 2.51. The molecule has 1 aliphatic rings. The lowest BCUT2D eigenvalue weighted by atomic mass is 9.61. The Hall–Kier alpha value is -0.830. The van der Waals surface area contributed by atoms with Gasteiger partial charge in [-0.25, -0.2) is 0 Å². The van der Waals surface area contributed by atoms with Crippen LogP contribution >= 0.6 is 0 Å². The minimum absolute atomic E-state index is 0.00705. The number of carbonyl (C=O) groups excluding carboxylic acids is 1. The Bertz CT molecular complexity index is 501. The molecule has 1 aliphatic carbocycles. The van der Waals surface area contributed by atoms with Crippen molar-refractivity contribution < 1.29 is 9.53 Å². The Morgan fingerprint density at radius 2 is 1.84 bits per heavy atom. The quantitative estimate of drug-likeness (QED) is 0.499. The zero-order valence-electron chi connectivity index (χ0n) is 17.9. The average Bonchev–Trinajstić information content (AvgIpc) is 2.44. The maximum atomic E-state index is 13.3.